The molecule has 1 saturated heterocycles. The second-order valence-corrected chi connectivity index (χ2v) is 3.47. The van der Waals surface area contributed by atoms with Crippen LogP contribution in [0.2, 0.25) is 0 Å². The Morgan fingerprint density at radius 1 is 1.69 bits per heavy atom. The molecule has 72 valence electrons. The van der Waals surface area contributed by atoms with E-state index < -0.39 is 0 Å². The van der Waals surface area contributed by atoms with E-state index in [0.29, 0.717) is 12.0 Å². The molecule has 5 heteroatoms. The zero-order chi connectivity index (χ0) is 9.10. The summed E-state index contributed by atoms with van der Waals surface area (Å²) in [6.07, 6.45) is 4.46. The van der Waals surface area contributed by atoms with Crippen LogP contribution in [0, 0.1) is 0 Å². The van der Waals surface area contributed by atoms with E-state index in [2.05, 4.69) is 10.3 Å². The number of hydrogen-bond donors (Lipinski definition) is 0. The number of rotatable bonds is 3. The highest BCUT2D eigenvalue weighted by atomic mass is 35.5. The van der Waals surface area contributed by atoms with Crippen LogP contribution in [0.3, 0.4) is 0 Å². The summed E-state index contributed by atoms with van der Waals surface area (Å²) in [5.74, 6) is 0.422. The van der Waals surface area contributed by atoms with Crippen LogP contribution in [0.15, 0.2) is 6.20 Å². The fourth-order valence-electron chi connectivity index (χ4n) is 1.49. The first kappa shape index (κ1) is 8.97. The largest absolute Gasteiger partial charge is 0.376 e. The van der Waals surface area contributed by atoms with E-state index in [9.17, 15) is 0 Å². The van der Waals surface area contributed by atoms with Gasteiger partial charge >= 0.3 is 0 Å². The molecule has 0 spiro atoms. The molecule has 1 unspecified atom stereocenters. The summed E-state index contributed by atoms with van der Waals surface area (Å²) in [5.41, 5.74) is 0.819. The highest BCUT2D eigenvalue weighted by molar-refractivity contribution is 6.16. The van der Waals surface area contributed by atoms with Crippen molar-refractivity contribution in [2.24, 2.45) is 0 Å². The highest BCUT2D eigenvalue weighted by Crippen LogP contribution is 2.13. The Labute approximate surface area is 81.8 Å². The van der Waals surface area contributed by atoms with Crippen molar-refractivity contribution >= 4 is 11.6 Å². The van der Waals surface area contributed by atoms with Gasteiger partial charge in [-0.3, -0.25) is 0 Å². The molecule has 1 aliphatic heterocycles. The average Bonchev–Trinajstić information content (AvgIpc) is 2.76. The molecular formula is C8H12ClN3O. The first-order valence-electron chi connectivity index (χ1n) is 4.45. The Morgan fingerprint density at radius 3 is 3.23 bits per heavy atom. The van der Waals surface area contributed by atoms with Gasteiger partial charge in [-0.1, -0.05) is 5.21 Å². The number of hydrogen-bond acceptors (Lipinski definition) is 3. The molecule has 1 fully saturated rings. The van der Waals surface area contributed by atoms with Crippen molar-refractivity contribution in [1.82, 2.24) is 15.0 Å². The molecule has 0 amide bonds. The molecule has 2 heterocycles. The number of nitrogens with zero attached hydrogens (tertiary/aromatic N) is 3. The van der Waals surface area contributed by atoms with Gasteiger partial charge in [0, 0.05) is 12.8 Å². The van der Waals surface area contributed by atoms with Crippen LogP contribution in [-0.2, 0) is 17.2 Å². The highest BCUT2D eigenvalue weighted by Gasteiger charge is 2.16. The quantitative estimate of drug-likeness (QED) is 0.690. The summed E-state index contributed by atoms with van der Waals surface area (Å²) in [4.78, 5) is 0. The molecule has 4 nitrogen and oxygen atoms in total. The van der Waals surface area contributed by atoms with Gasteiger partial charge in [0.05, 0.1) is 24.2 Å². The predicted molar refractivity (Wildman–Crippen MR) is 48.6 cm³/mol. The van der Waals surface area contributed by atoms with Crippen LogP contribution >= 0.6 is 11.6 Å². The van der Waals surface area contributed by atoms with Crippen LogP contribution < -0.4 is 0 Å². The lowest BCUT2D eigenvalue weighted by molar-refractivity contribution is 0.0935. The minimum atomic E-state index is 0.310. The van der Waals surface area contributed by atoms with Crippen molar-refractivity contribution in [2.75, 3.05) is 6.61 Å². The summed E-state index contributed by atoms with van der Waals surface area (Å²) in [6.45, 7) is 1.67. The van der Waals surface area contributed by atoms with Gasteiger partial charge in [0.1, 0.15) is 0 Å². The minimum absolute atomic E-state index is 0.310. The lowest BCUT2D eigenvalue weighted by Crippen LogP contribution is -2.15. The zero-order valence-electron chi connectivity index (χ0n) is 7.32. The first-order valence-corrected chi connectivity index (χ1v) is 4.98. The van der Waals surface area contributed by atoms with E-state index in [1.54, 1.807) is 4.68 Å². The lowest BCUT2D eigenvalue weighted by Gasteiger charge is -2.07. The van der Waals surface area contributed by atoms with Gasteiger partial charge in [0.25, 0.3) is 0 Å². The average molecular weight is 202 g/mol. The zero-order valence-corrected chi connectivity index (χ0v) is 8.07. The van der Waals surface area contributed by atoms with Crippen molar-refractivity contribution in [3.63, 3.8) is 0 Å². The predicted octanol–water partition coefficient (Wildman–Crippen LogP) is 1.20. The topological polar surface area (TPSA) is 39.9 Å². The Bertz CT molecular complexity index is 270. The summed E-state index contributed by atoms with van der Waals surface area (Å²) < 4.78 is 7.28. The van der Waals surface area contributed by atoms with Crippen LogP contribution in [-0.4, -0.2) is 27.7 Å². The molecule has 0 aliphatic carbocycles. The molecule has 13 heavy (non-hydrogen) atoms. The fourth-order valence-corrected chi connectivity index (χ4v) is 1.61. The third kappa shape index (κ3) is 2.19. The number of ether oxygens (including phenoxy) is 1. The second-order valence-electron chi connectivity index (χ2n) is 3.20. The van der Waals surface area contributed by atoms with Gasteiger partial charge < -0.3 is 4.74 Å². The van der Waals surface area contributed by atoms with Gasteiger partial charge in [0.15, 0.2) is 0 Å². The van der Waals surface area contributed by atoms with E-state index in [-0.39, 0.29) is 0 Å². The summed E-state index contributed by atoms with van der Waals surface area (Å²) in [7, 11) is 0. The lowest BCUT2D eigenvalue weighted by atomic mass is 10.2. The van der Waals surface area contributed by atoms with Crippen molar-refractivity contribution in [1.29, 1.82) is 0 Å². The van der Waals surface area contributed by atoms with Crippen LogP contribution in [0.5, 0.6) is 0 Å². The van der Waals surface area contributed by atoms with Crippen LogP contribution in [0.4, 0.5) is 0 Å². The van der Waals surface area contributed by atoms with Gasteiger partial charge in [-0.25, -0.2) is 4.68 Å². The molecule has 1 aliphatic rings. The molecule has 0 aromatic carbocycles. The van der Waals surface area contributed by atoms with Gasteiger partial charge in [-0.15, -0.1) is 16.7 Å². The molecule has 0 bridgehead atoms. The normalized spacial score (nSPS) is 22.4. The number of halogens is 1. The summed E-state index contributed by atoms with van der Waals surface area (Å²) in [5, 5.41) is 7.85. The van der Waals surface area contributed by atoms with Crippen molar-refractivity contribution in [3.8, 4) is 0 Å². The third-order valence-electron chi connectivity index (χ3n) is 2.14. The number of alkyl halides is 1. The smallest absolute Gasteiger partial charge is 0.0974 e. The summed E-state index contributed by atoms with van der Waals surface area (Å²) >= 11 is 5.61. The van der Waals surface area contributed by atoms with Crippen molar-refractivity contribution < 1.29 is 4.74 Å². The standard InChI is InChI=1S/C8H12ClN3O/c9-4-7-5-12(11-10-7)6-8-2-1-3-13-8/h5,8H,1-4,6H2. The summed E-state index contributed by atoms with van der Waals surface area (Å²) in [6, 6.07) is 0. The minimum Gasteiger partial charge on any atom is -0.376 e. The molecule has 0 N–H and O–H groups in total. The van der Waals surface area contributed by atoms with E-state index >= 15 is 0 Å². The maximum absolute atomic E-state index is 5.61. The Hall–Kier alpha value is -0.610. The Morgan fingerprint density at radius 2 is 2.62 bits per heavy atom. The first-order chi connectivity index (χ1) is 6.38. The molecule has 1 aromatic heterocycles. The third-order valence-corrected chi connectivity index (χ3v) is 2.41. The molecular weight excluding hydrogens is 190 g/mol. The maximum atomic E-state index is 5.61. The van der Waals surface area contributed by atoms with Gasteiger partial charge in [-0.05, 0) is 12.8 Å². The number of aromatic nitrogens is 3. The molecule has 0 saturated carbocycles. The Balaban J connectivity index is 1.92. The van der Waals surface area contributed by atoms with Gasteiger partial charge in [0.2, 0.25) is 0 Å². The van der Waals surface area contributed by atoms with E-state index in [0.717, 1.165) is 31.7 Å². The monoisotopic (exact) mass is 201 g/mol. The second kappa shape index (κ2) is 4.07. The molecule has 1 atom stereocenters. The van der Waals surface area contributed by atoms with Crippen LogP contribution in [0.1, 0.15) is 18.5 Å². The fraction of sp³-hybridized carbons (Fsp3) is 0.750. The van der Waals surface area contributed by atoms with Crippen molar-refractivity contribution in [2.45, 2.75) is 31.4 Å². The van der Waals surface area contributed by atoms with Crippen molar-refractivity contribution in [3.05, 3.63) is 11.9 Å². The van der Waals surface area contributed by atoms with E-state index in [1.807, 2.05) is 6.20 Å². The Kier molecular flexibility index (Phi) is 2.80. The molecule has 0 radical (unpaired) electrons. The van der Waals surface area contributed by atoms with Gasteiger partial charge in [-0.2, -0.15) is 0 Å². The molecule has 2 rings (SSSR count). The molecule has 1 aromatic rings. The van der Waals surface area contributed by atoms with E-state index in [4.69, 9.17) is 16.3 Å². The van der Waals surface area contributed by atoms with E-state index in [1.165, 1.54) is 0 Å². The van der Waals surface area contributed by atoms with Crippen LogP contribution in [0.25, 0.3) is 0 Å². The SMILES string of the molecule is ClCc1cn(CC2CCCO2)nn1. The maximum Gasteiger partial charge on any atom is 0.0974 e.